The average molecular weight is 644 g/mol. The summed E-state index contributed by atoms with van der Waals surface area (Å²) in [5.41, 5.74) is 6.24. The second-order valence-corrected chi connectivity index (χ2v) is 18.5. The summed E-state index contributed by atoms with van der Waals surface area (Å²) in [6, 6.07) is 19.1. The van der Waals surface area contributed by atoms with Crippen molar-refractivity contribution in [1.82, 2.24) is 0 Å². The molecule has 0 fully saturated rings. The summed E-state index contributed by atoms with van der Waals surface area (Å²) in [5, 5.41) is 2.12. The van der Waals surface area contributed by atoms with Crippen LogP contribution in [0.3, 0.4) is 0 Å². The van der Waals surface area contributed by atoms with E-state index in [2.05, 4.69) is 121 Å². The maximum Gasteiger partial charge on any atom is 0.388 e. The standard InChI is InChI=1S/C40H54NO4P/c1-36(2,3)26-20-28-29-21-27(37(4,5)6)23-31(39(10,11)12)34(29)44-46(43-33(28)30(22-26)38(7,8)9)45-40(13,14)32-24-42-35(41-32)25-18-16-15-17-19-25/h15-23,32H,24H2,1-14H3/t32-/m0/s1. The first-order valence-electron chi connectivity index (χ1n) is 16.6. The van der Waals surface area contributed by atoms with Crippen LogP contribution < -0.4 is 4.52 Å². The third-order valence-electron chi connectivity index (χ3n) is 8.93. The molecule has 3 aromatic carbocycles. The summed E-state index contributed by atoms with van der Waals surface area (Å²) in [4.78, 5) is 4.97. The number of benzene rings is 3. The molecule has 0 saturated carbocycles. The first kappa shape index (κ1) is 34.3. The van der Waals surface area contributed by atoms with Gasteiger partial charge in [0.2, 0.25) is 5.90 Å². The van der Waals surface area contributed by atoms with Gasteiger partial charge in [0, 0.05) is 27.5 Å². The minimum atomic E-state index is -1.87. The molecule has 0 saturated heterocycles. The maximum absolute atomic E-state index is 7.00. The molecule has 2 heterocycles. The minimum Gasteiger partial charge on any atom is -0.475 e. The molecule has 6 heteroatoms. The van der Waals surface area contributed by atoms with Gasteiger partial charge in [-0.25, -0.2) is 4.99 Å². The van der Waals surface area contributed by atoms with Crippen LogP contribution >= 0.6 is 8.24 Å². The second-order valence-electron chi connectivity index (χ2n) is 17.5. The van der Waals surface area contributed by atoms with Crippen molar-refractivity contribution in [3.63, 3.8) is 0 Å². The number of hydrogen-bond donors (Lipinski definition) is 0. The highest BCUT2D eigenvalue weighted by Gasteiger charge is 2.38. The summed E-state index contributed by atoms with van der Waals surface area (Å²) < 4.78 is 27.0. The first-order valence-corrected chi connectivity index (χ1v) is 17.6. The van der Waals surface area contributed by atoms with Gasteiger partial charge in [-0.2, -0.15) is 0 Å². The van der Waals surface area contributed by atoms with Crippen molar-refractivity contribution in [2.75, 3.05) is 6.61 Å². The molecule has 0 amide bonds. The number of ether oxygens (including phenoxy) is 1. The van der Waals surface area contributed by atoms with E-state index in [1.165, 1.54) is 11.1 Å². The van der Waals surface area contributed by atoms with Crippen molar-refractivity contribution in [1.29, 1.82) is 0 Å². The van der Waals surface area contributed by atoms with E-state index in [1.54, 1.807) is 0 Å². The van der Waals surface area contributed by atoms with Crippen molar-refractivity contribution < 1.29 is 17.7 Å². The summed E-state index contributed by atoms with van der Waals surface area (Å²) in [6.45, 7) is 31.7. The summed E-state index contributed by atoms with van der Waals surface area (Å²) in [5.74, 6) is 0.642. The van der Waals surface area contributed by atoms with Crippen molar-refractivity contribution in [2.45, 2.75) is 130 Å². The zero-order valence-electron chi connectivity index (χ0n) is 30.5. The van der Waals surface area contributed by atoms with E-state index in [0.29, 0.717) is 12.5 Å². The van der Waals surface area contributed by atoms with Crippen LogP contribution in [0.1, 0.15) is 125 Å². The topological polar surface area (TPSA) is 57.1 Å². The molecule has 5 rings (SSSR count). The van der Waals surface area contributed by atoms with E-state index in [9.17, 15) is 0 Å². The molecule has 248 valence electrons. The minimum absolute atomic E-state index is 0.0585. The van der Waals surface area contributed by atoms with Crippen LogP contribution in [0.5, 0.6) is 0 Å². The Balaban J connectivity index is 1.84. The average Bonchev–Trinajstić information content (AvgIpc) is 3.37. The van der Waals surface area contributed by atoms with Gasteiger partial charge in [-0.05, 0) is 70.9 Å². The van der Waals surface area contributed by atoms with Crippen LogP contribution in [-0.2, 0) is 26.4 Å². The molecular weight excluding hydrogens is 589 g/mol. The summed E-state index contributed by atoms with van der Waals surface area (Å²) in [7, 11) is -1.87. The van der Waals surface area contributed by atoms with E-state index in [-0.39, 0.29) is 27.7 Å². The first-order chi connectivity index (χ1) is 21.1. The lowest BCUT2D eigenvalue weighted by molar-refractivity contribution is 0.109. The molecule has 0 radical (unpaired) electrons. The molecule has 0 spiro atoms. The second kappa shape index (κ2) is 11.6. The number of rotatable bonds is 4. The molecule has 0 aliphatic carbocycles. The largest absolute Gasteiger partial charge is 0.475 e. The maximum atomic E-state index is 7.00. The SMILES string of the molecule is CC(C)(C)c1cc(C(C)(C)C)c2op(OC(C)(C)[C@@H]3COC(c4ccccc4)=N3)oc3c(C(C)(C)C)cc(C(C)(C)C)cc3c2c1. The van der Waals surface area contributed by atoms with Gasteiger partial charge in [-0.15, -0.1) is 0 Å². The molecule has 1 aliphatic heterocycles. The Labute approximate surface area is 277 Å². The molecule has 1 aromatic heterocycles. The third kappa shape index (κ3) is 6.97. The van der Waals surface area contributed by atoms with Crippen molar-refractivity contribution >= 4 is 36.1 Å². The van der Waals surface area contributed by atoms with E-state index in [1.807, 2.05) is 30.3 Å². The van der Waals surface area contributed by atoms with Gasteiger partial charge in [0.15, 0.2) is 0 Å². The number of nitrogens with zero attached hydrogens (tertiary/aromatic N) is 1. The van der Waals surface area contributed by atoms with Gasteiger partial charge in [-0.3, -0.25) is 4.52 Å². The van der Waals surface area contributed by atoms with Crippen molar-refractivity contribution in [2.24, 2.45) is 4.99 Å². The smallest absolute Gasteiger partial charge is 0.388 e. The molecule has 4 aromatic rings. The zero-order valence-corrected chi connectivity index (χ0v) is 31.4. The lowest BCUT2D eigenvalue weighted by atomic mass is 9.77. The quantitative estimate of drug-likeness (QED) is 0.222. The lowest BCUT2D eigenvalue weighted by Crippen LogP contribution is -2.41. The van der Waals surface area contributed by atoms with Crippen molar-refractivity contribution in [3.8, 4) is 0 Å². The fraction of sp³-hybridized carbons (Fsp3) is 0.525. The van der Waals surface area contributed by atoms with E-state index >= 15 is 0 Å². The van der Waals surface area contributed by atoms with Crippen LogP contribution in [0.4, 0.5) is 0 Å². The Morgan fingerprint density at radius 1 is 0.630 bits per heavy atom. The molecular formula is C40H54NO4P. The molecule has 5 nitrogen and oxygen atoms in total. The highest BCUT2D eigenvalue weighted by molar-refractivity contribution is 7.31. The molecule has 0 N–H and O–H groups in total. The van der Waals surface area contributed by atoms with Gasteiger partial charge in [-0.1, -0.05) is 113 Å². The zero-order chi connectivity index (χ0) is 34.0. The molecule has 46 heavy (non-hydrogen) atoms. The number of fused-ring (bicyclic) bond motifs is 3. The predicted molar refractivity (Wildman–Crippen MR) is 194 cm³/mol. The normalized spacial score (nSPS) is 16.6. The Bertz CT molecular complexity index is 1730. The fourth-order valence-electron chi connectivity index (χ4n) is 5.76. The Morgan fingerprint density at radius 3 is 1.50 bits per heavy atom. The highest BCUT2D eigenvalue weighted by atomic mass is 31.1. The Hall–Kier alpha value is -3.01. The van der Waals surface area contributed by atoms with E-state index < -0.39 is 13.8 Å². The third-order valence-corrected chi connectivity index (χ3v) is 10.2. The van der Waals surface area contributed by atoms with Crippen LogP contribution in [0.2, 0.25) is 0 Å². The van der Waals surface area contributed by atoms with E-state index in [4.69, 9.17) is 22.6 Å². The Kier molecular flexibility index (Phi) is 8.66. The molecule has 1 atom stereocenters. The fourth-order valence-corrected chi connectivity index (χ4v) is 7.07. The van der Waals surface area contributed by atoms with Crippen LogP contribution in [0.15, 0.2) is 68.0 Å². The molecule has 0 bridgehead atoms. The van der Waals surface area contributed by atoms with Gasteiger partial charge in [0.05, 0.1) is 0 Å². The molecule has 0 unspecified atom stereocenters. The summed E-state index contributed by atoms with van der Waals surface area (Å²) >= 11 is 0. The van der Waals surface area contributed by atoms with Crippen LogP contribution in [-0.4, -0.2) is 24.1 Å². The monoisotopic (exact) mass is 643 g/mol. The van der Waals surface area contributed by atoms with Gasteiger partial charge in [0.25, 0.3) is 0 Å². The summed E-state index contributed by atoms with van der Waals surface area (Å²) in [6.07, 6.45) is 0. The van der Waals surface area contributed by atoms with Crippen molar-refractivity contribution in [3.05, 3.63) is 82.4 Å². The van der Waals surface area contributed by atoms with Gasteiger partial charge in [0.1, 0.15) is 29.4 Å². The predicted octanol–water partition coefficient (Wildman–Crippen LogP) is 11.5. The molecule has 1 aliphatic rings. The highest BCUT2D eigenvalue weighted by Crippen LogP contribution is 2.46. The van der Waals surface area contributed by atoms with Gasteiger partial charge >= 0.3 is 8.24 Å². The van der Waals surface area contributed by atoms with Crippen LogP contribution in [0, 0.1) is 0 Å². The number of aliphatic imine (C=N–C) groups is 1. The lowest BCUT2D eigenvalue weighted by Gasteiger charge is -2.27. The van der Waals surface area contributed by atoms with E-state index in [0.717, 1.165) is 38.6 Å². The van der Waals surface area contributed by atoms with Crippen LogP contribution in [0.25, 0.3) is 21.9 Å². The van der Waals surface area contributed by atoms with Gasteiger partial charge < -0.3 is 13.1 Å². The Morgan fingerprint density at radius 2 is 1.09 bits per heavy atom. The number of hydrogen-bond acceptors (Lipinski definition) is 5.